The summed E-state index contributed by atoms with van der Waals surface area (Å²) in [6.45, 7) is 5.38. The average Bonchev–Trinajstić information content (AvgIpc) is 2.84. The molecule has 3 nitrogen and oxygen atoms in total. The molecule has 3 rings (SSSR count). The fraction of sp³-hybridized carbons (Fsp3) is 0.350. The van der Waals surface area contributed by atoms with Crippen molar-refractivity contribution in [3.63, 3.8) is 0 Å². The highest BCUT2D eigenvalue weighted by Gasteiger charge is 2.40. The highest BCUT2D eigenvalue weighted by molar-refractivity contribution is 7.97. The van der Waals surface area contributed by atoms with Gasteiger partial charge in [-0.3, -0.25) is 4.79 Å². The lowest BCUT2D eigenvalue weighted by molar-refractivity contribution is -0.129. The average molecular weight is 341 g/mol. The molecular formula is C20H23NO2S. The number of thioether (sulfide) groups is 1. The highest BCUT2D eigenvalue weighted by atomic mass is 32.2. The van der Waals surface area contributed by atoms with Crippen molar-refractivity contribution in [3.8, 4) is 5.75 Å². The van der Waals surface area contributed by atoms with Crippen LogP contribution in [0.3, 0.4) is 0 Å². The quantitative estimate of drug-likeness (QED) is 0.701. The van der Waals surface area contributed by atoms with Crippen LogP contribution in [0, 0.1) is 11.8 Å². The van der Waals surface area contributed by atoms with E-state index in [9.17, 15) is 4.79 Å². The predicted molar refractivity (Wildman–Crippen MR) is 99.9 cm³/mol. The maximum Gasteiger partial charge on any atom is 0.234 e. The minimum absolute atomic E-state index is 0.0633. The number of fused-ring (bicyclic) bond motifs is 1. The molecule has 126 valence electrons. The highest BCUT2D eigenvalue weighted by Crippen LogP contribution is 2.37. The summed E-state index contributed by atoms with van der Waals surface area (Å²) < 4.78 is 5.84. The van der Waals surface area contributed by atoms with Crippen LogP contribution in [0.5, 0.6) is 5.75 Å². The second-order valence-corrected chi connectivity index (χ2v) is 6.95. The second-order valence-electron chi connectivity index (χ2n) is 6.09. The Labute approximate surface area is 148 Å². The molecule has 2 aliphatic rings. The second kappa shape index (κ2) is 7.75. The first kappa shape index (κ1) is 16.9. The van der Waals surface area contributed by atoms with Gasteiger partial charge in [0.2, 0.25) is 5.91 Å². The van der Waals surface area contributed by atoms with E-state index >= 15 is 0 Å². The normalized spacial score (nSPS) is 22.1. The number of hydrogen-bond donors (Lipinski definition) is 0. The standard InChI is InChI=1S/C20H23NO2S/c1-15-18-9-3-4-10-19(18)20(22)21(15)11-6-12-23-17-8-5-7-16(13-17)14-24-2/h3-5,7-10,13,18-19H,1,6,11-12,14H2,2H3. The van der Waals surface area contributed by atoms with Gasteiger partial charge in [-0.15, -0.1) is 0 Å². The molecule has 0 spiro atoms. The SMILES string of the molecule is C=C1C2C=CC=CC2C(=O)N1CCCOc1cccc(CSC)c1. The number of nitrogens with zero attached hydrogens (tertiary/aromatic N) is 1. The Hall–Kier alpha value is -1.94. The minimum atomic E-state index is -0.0633. The number of likely N-dealkylation sites (tertiary alicyclic amines) is 1. The number of carbonyl (C=O) groups is 1. The Morgan fingerprint density at radius 1 is 1.25 bits per heavy atom. The number of benzene rings is 1. The fourth-order valence-electron chi connectivity index (χ4n) is 3.22. The Balaban J connectivity index is 1.49. The zero-order valence-electron chi connectivity index (χ0n) is 14.0. The van der Waals surface area contributed by atoms with Crippen LogP contribution < -0.4 is 4.74 Å². The van der Waals surface area contributed by atoms with Crippen LogP contribution in [0.15, 0.2) is 60.8 Å². The molecule has 1 amide bonds. The number of rotatable bonds is 7. The van der Waals surface area contributed by atoms with Crippen LogP contribution >= 0.6 is 11.8 Å². The molecule has 1 heterocycles. The van der Waals surface area contributed by atoms with Crippen LogP contribution in [0.25, 0.3) is 0 Å². The van der Waals surface area contributed by atoms with E-state index in [1.807, 2.05) is 35.3 Å². The molecule has 24 heavy (non-hydrogen) atoms. The van der Waals surface area contributed by atoms with Crippen LogP contribution in [0.4, 0.5) is 0 Å². The molecule has 2 atom stereocenters. The molecule has 1 saturated heterocycles. The number of carbonyl (C=O) groups excluding carboxylic acids is 1. The molecule has 1 aromatic carbocycles. The number of amides is 1. The monoisotopic (exact) mass is 341 g/mol. The van der Waals surface area contributed by atoms with E-state index in [4.69, 9.17) is 4.74 Å². The molecule has 0 radical (unpaired) electrons. The lowest BCUT2D eigenvalue weighted by Crippen LogP contribution is -2.27. The van der Waals surface area contributed by atoms with E-state index in [-0.39, 0.29) is 17.7 Å². The first-order valence-corrected chi connectivity index (χ1v) is 9.66. The van der Waals surface area contributed by atoms with Crippen molar-refractivity contribution < 1.29 is 9.53 Å². The van der Waals surface area contributed by atoms with Gasteiger partial charge in [-0.1, -0.05) is 43.0 Å². The van der Waals surface area contributed by atoms with E-state index in [2.05, 4.69) is 31.0 Å². The molecule has 4 heteroatoms. The maximum absolute atomic E-state index is 12.5. The largest absolute Gasteiger partial charge is 0.494 e. The summed E-state index contributed by atoms with van der Waals surface area (Å²) in [7, 11) is 0. The summed E-state index contributed by atoms with van der Waals surface area (Å²) in [5.74, 6) is 2.11. The van der Waals surface area contributed by atoms with Gasteiger partial charge in [-0.25, -0.2) is 0 Å². The summed E-state index contributed by atoms with van der Waals surface area (Å²) in [5.41, 5.74) is 2.18. The van der Waals surface area contributed by atoms with E-state index < -0.39 is 0 Å². The summed E-state index contributed by atoms with van der Waals surface area (Å²) in [4.78, 5) is 14.3. The number of ether oxygens (including phenoxy) is 1. The molecule has 1 aliphatic heterocycles. The zero-order valence-corrected chi connectivity index (χ0v) is 14.8. The van der Waals surface area contributed by atoms with Gasteiger partial charge in [0.15, 0.2) is 0 Å². The molecule has 0 bridgehead atoms. The van der Waals surface area contributed by atoms with Gasteiger partial charge in [0.25, 0.3) is 0 Å². The molecule has 0 N–H and O–H groups in total. The van der Waals surface area contributed by atoms with Crippen LogP contribution in [0.1, 0.15) is 12.0 Å². The third-order valence-corrected chi connectivity index (χ3v) is 5.04. The van der Waals surface area contributed by atoms with Crippen LogP contribution in [-0.2, 0) is 10.5 Å². The molecular weight excluding hydrogens is 318 g/mol. The van der Waals surface area contributed by atoms with Crippen molar-refractivity contribution in [3.05, 3.63) is 66.4 Å². The summed E-state index contributed by atoms with van der Waals surface area (Å²) in [5, 5.41) is 0. The third kappa shape index (κ3) is 3.59. The molecule has 1 aromatic rings. The lowest BCUT2D eigenvalue weighted by atomic mass is 9.90. The number of allylic oxidation sites excluding steroid dienone is 3. The van der Waals surface area contributed by atoms with E-state index in [0.29, 0.717) is 13.2 Å². The first-order chi connectivity index (χ1) is 11.7. The number of hydrogen-bond acceptors (Lipinski definition) is 3. The van der Waals surface area contributed by atoms with Crippen molar-refractivity contribution in [2.75, 3.05) is 19.4 Å². The topological polar surface area (TPSA) is 29.5 Å². The fourth-order valence-corrected chi connectivity index (χ4v) is 3.73. The van der Waals surface area contributed by atoms with Crippen LogP contribution in [0.2, 0.25) is 0 Å². The van der Waals surface area contributed by atoms with Gasteiger partial charge in [0, 0.05) is 23.9 Å². The summed E-state index contributed by atoms with van der Waals surface area (Å²) in [6.07, 6.45) is 10.9. The van der Waals surface area contributed by atoms with Gasteiger partial charge in [-0.2, -0.15) is 11.8 Å². The summed E-state index contributed by atoms with van der Waals surface area (Å²) in [6, 6.07) is 8.20. The van der Waals surface area contributed by atoms with Crippen molar-refractivity contribution in [2.24, 2.45) is 11.8 Å². The molecule has 0 aromatic heterocycles. The Morgan fingerprint density at radius 3 is 2.79 bits per heavy atom. The van der Waals surface area contributed by atoms with Crippen molar-refractivity contribution >= 4 is 17.7 Å². The molecule has 1 aliphatic carbocycles. The third-order valence-electron chi connectivity index (χ3n) is 4.42. The van der Waals surface area contributed by atoms with Gasteiger partial charge >= 0.3 is 0 Å². The van der Waals surface area contributed by atoms with Gasteiger partial charge < -0.3 is 9.64 Å². The summed E-state index contributed by atoms with van der Waals surface area (Å²) >= 11 is 1.80. The van der Waals surface area contributed by atoms with Crippen molar-refractivity contribution in [1.82, 2.24) is 4.90 Å². The smallest absolute Gasteiger partial charge is 0.234 e. The predicted octanol–water partition coefficient (Wildman–Crippen LogP) is 4.03. The zero-order chi connectivity index (χ0) is 16.9. The van der Waals surface area contributed by atoms with Gasteiger partial charge in [0.1, 0.15) is 5.75 Å². The van der Waals surface area contributed by atoms with Gasteiger partial charge in [0.05, 0.1) is 12.5 Å². The Bertz CT molecular complexity index is 650. The van der Waals surface area contributed by atoms with E-state index in [1.54, 1.807) is 11.8 Å². The van der Waals surface area contributed by atoms with Gasteiger partial charge in [-0.05, 0) is 30.4 Å². The van der Waals surface area contributed by atoms with E-state index in [0.717, 1.165) is 23.6 Å². The van der Waals surface area contributed by atoms with Crippen LogP contribution in [-0.4, -0.2) is 30.2 Å². The van der Waals surface area contributed by atoms with Crippen molar-refractivity contribution in [1.29, 1.82) is 0 Å². The Kier molecular flexibility index (Phi) is 5.46. The van der Waals surface area contributed by atoms with Crippen molar-refractivity contribution in [2.45, 2.75) is 12.2 Å². The minimum Gasteiger partial charge on any atom is -0.494 e. The van der Waals surface area contributed by atoms with E-state index in [1.165, 1.54) is 5.56 Å². The maximum atomic E-state index is 12.5. The molecule has 1 fully saturated rings. The lowest BCUT2D eigenvalue weighted by Gasteiger charge is -2.18. The Morgan fingerprint density at radius 2 is 2.04 bits per heavy atom. The molecule has 0 saturated carbocycles. The first-order valence-electron chi connectivity index (χ1n) is 8.26. The molecule has 2 unspecified atom stereocenters.